The Morgan fingerprint density at radius 2 is 1.59 bits per heavy atom. The zero-order valence-corrected chi connectivity index (χ0v) is 13.4. The number of hydrogen-bond acceptors (Lipinski definition) is 3. The summed E-state index contributed by atoms with van der Waals surface area (Å²) in [6.45, 7) is 1.98. The second-order valence-corrected chi connectivity index (χ2v) is 9.05. The molecule has 0 N–H and O–H groups in total. The summed E-state index contributed by atoms with van der Waals surface area (Å²) in [6.07, 6.45) is 1.79. The van der Waals surface area contributed by atoms with E-state index in [-0.39, 0.29) is 5.92 Å². The SMILES string of the molecule is CC1=NO[C@]2(P(=O)(c3ccccc3)c3ccccc3)CC[C@H]12. The summed E-state index contributed by atoms with van der Waals surface area (Å²) in [5.74, 6) is 0.166. The molecule has 2 aromatic rings. The molecule has 0 radical (unpaired) electrons. The van der Waals surface area contributed by atoms with Crippen molar-refractivity contribution in [2.24, 2.45) is 11.1 Å². The first-order chi connectivity index (χ1) is 10.7. The number of oxime groups is 1. The van der Waals surface area contributed by atoms with Crippen LogP contribution in [0.5, 0.6) is 0 Å². The van der Waals surface area contributed by atoms with Crippen LogP contribution in [0.15, 0.2) is 65.8 Å². The van der Waals surface area contributed by atoms with Crippen molar-refractivity contribution >= 4 is 23.5 Å². The first-order valence-corrected chi connectivity index (χ1v) is 9.33. The fourth-order valence-electron chi connectivity index (χ4n) is 3.69. The van der Waals surface area contributed by atoms with Gasteiger partial charge in [0.25, 0.3) is 0 Å². The van der Waals surface area contributed by atoms with Gasteiger partial charge in [-0.2, -0.15) is 0 Å². The van der Waals surface area contributed by atoms with E-state index in [0.717, 1.165) is 29.2 Å². The van der Waals surface area contributed by atoms with Gasteiger partial charge in [-0.1, -0.05) is 65.8 Å². The van der Waals surface area contributed by atoms with Crippen LogP contribution < -0.4 is 10.6 Å². The normalized spacial score (nSPS) is 26.6. The van der Waals surface area contributed by atoms with E-state index in [2.05, 4.69) is 5.16 Å². The summed E-state index contributed by atoms with van der Waals surface area (Å²) in [5, 5.41) is 5.23. The lowest BCUT2D eigenvalue weighted by Gasteiger charge is -2.47. The molecule has 3 nitrogen and oxygen atoms in total. The molecule has 112 valence electrons. The Bertz CT molecular complexity index is 729. The van der Waals surface area contributed by atoms with Gasteiger partial charge in [0.1, 0.15) is 0 Å². The molecule has 0 unspecified atom stereocenters. The fourth-order valence-corrected chi connectivity index (χ4v) is 7.40. The summed E-state index contributed by atoms with van der Waals surface area (Å²) in [5.41, 5.74) is 0.971. The van der Waals surface area contributed by atoms with Gasteiger partial charge in [-0.3, -0.25) is 0 Å². The number of benzene rings is 2. The largest absolute Gasteiger partial charge is 0.380 e. The van der Waals surface area contributed by atoms with Gasteiger partial charge >= 0.3 is 0 Å². The van der Waals surface area contributed by atoms with Gasteiger partial charge < -0.3 is 9.40 Å². The highest BCUT2D eigenvalue weighted by atomic mass is 31.2. The predicted octanol–water partition coefficient (Wildman–Crippen LogP) is 3.51. The molecule has 1 aliphatic carbocycles. The molecule has 0 aromatic heterocycles. The summed E-state index contributed by atoms with van der Waals surface area (Å²) < 4.78 is 14.3. The van der Waals surface area contributed by atoms with Crippen molar-refractivity contribution in [3.63, 3.8) is 0 Å². The van der Waals surface area contributed by atoms with Crippen molar-refractivity contribution in [1.29, 1.82) is 0 Å². The summed E-state index contributed by atoms with van der Waals surface area (Å²) in [4.78, 5) is 5.85. The number of nitrogens with zero attached hydrogens (tertiary/aromatic N) is 1. The molecule has 0 saturated heterocycles. The maximum absolute atomic E-state index is 14.3. The Hall–Kier alpha value is -1.86. The van der Waals surface area contributed by atoms with Crippen molar-refractivity contribution in [3.05, 3.63) is 60.7 Å². The average Bonchev–Trinajstić information content (AvgIpc) is 2.78. The van der Waals surface area contributed by atoms with Gasteiger partial charge in [-0.05, 0) is 19.8 Å². The number of fused-ring (bicyclic) bond motifs is 1. The van der Waals surface area contributed by atoms with Gasteiger partial charge in [0.15, 0.2) is 7.14 Å². The standard InChI is InChI=1S/C18H18NO2P/c1-14-17-12-13-18(17,21-19-14)22(20,15-8-4-2-5-9-15)16-10-6-3-7-11-16/h2-11,17H,12-13H2,1H3/t17-,18+/m1/s1. The first-order valence-electron chi connectivity index (χ1n) is 7.62. The molecule has 2 aromatic carbocycles. The van der Waals surface area contributed by atoms with Crippen molar-refractivity contribution < 1.29 is 9.40 Å². The first kappa shape index (κ1) is 13.8. The molecule has 1 aliphatic heterocycles. The minimum absolute atomic E-state index is 0.166. The van der Waals surface area contributed by atoms with Crippen LogP contribution >= 0.6 is 7.14 Å². The Kier molecular flexibility index (Phi) is 3.02. The minimum Gasteiger partial charge on any atom is -0.380 e. The van der Waals surface area contributed by atoms with Gasteiger partial charge in [0.2, 0.25) is 5.34 Å². The van der Waals surface area contributed by atoms with Crippen LogP contribution in [-0.4, -0.2) is 11.1 Å². The van der Waals surface area contributed by atoms with Crippen LogP contribution in [0.1, 0.15) is 19.8 Å². The van der Waals surface area contributed by atoms with Gasteiger partial charge in [0.05, 0.1) is 11.6 Å². The lowest BCUT2D eigenvalue weighted by Crippen LogP contribution is -2.51. The van der Waals surface area contributed by atoms with Crippen molar-refractivity contribution in [2.75, 3.05) is 0 Å². The van der Waals surface area contributed by atoms with Crippen LogP contribution in [0.4, 0.5) is 0 Å². The third kappa shape index (κ3) is 1.63. The van der Waals surface area contributed by atoms with E-state index in [9.17, 15) is 4.57 Å². The van der Waals surface area contributed by atoms with E-state index in [4.69, 9.17) is 4.84 Å². The predicted molar refractivity (Wildman–Crippen MR) is 89.4 cm³/mol. The lowest BCUT2D eigenvalue weighted by atomic mass is 9.79. The molecule has 22 heavy (non-hydrogen) atoms. The zero-order chi connectivity index (χ0) is 15.2. The van der Waals surface area contributed by atoms with Crippen LogP contribution in [0.2, 0.25) is 0 Å². The van der Waals surface area contributed by atoms with Crippen LogP contribution in [0.3, 0.4) is 0 Å². The Morgan fingerprint density at radius 3 is 2.00 bits per heavy atom. The number of hydrogen-bond donors (Lipinski definition) is 0. The summed E-state index contributed by atoms with van der Waals surface area (Å²) >= 11 is 0. The van der Waals surface area contributed by atoms with Gasteiger partial charge in [-0.25, -0.2) is 0 Å². The van der Waals surface area contributed by atoms with Crippen LogP contribution in [0.25, 0.3) is 0 Å². The van der Waals surface area contributed by atoms with E-state index in [0.29, 0.717) is 0 Å². The summed E-state index contributed by atoms with van der Waals surface area (Å²) in [7, 11) is -2.93. The van der Waals surface area contributed by atoms with Crippen molar-refractivity contribution in [1.82, 2.24) is 0 Å². The highest BCUT2D eigenvalue weighted by Gasteiger charge is 2.66. The van der Waals surface area contributed by atoms with E-state index in [1.54, 1.807) is 0 Å². The second kappa shape index (κ2) is 4.82. The van der Waals surface area contributed by atoms with Crippen molar-refractivity contribution in [3.8, 4) is 0 Å². The zero-order valence-electron chi connectivity index (χ0n) is 12.5. The summed E-state index contributed by atoms with van der Waals surface area (Å²) in [6, 6.07) is 19.5. The Morgan fingerprint density at radius 1 is 1.05 bits per heavy atom. The molecule has 4 heteroatoms. The van der Waals surface area contributed by atoms with Crippen LogP contribution in [-0.2, 0) is 9.40 Å². The molecule has 2 atom stereocenters. The topological polar surface area (TPSA) is 38.7 Å². The van der Waals surface area contributed by atoms with E-state index in [1.807, 2.05) is 67.6 Å². The molecule has 2 aliphatic rings. The molecule has 4 rings (SSSR count). The maximum Gasteiger partial charge on any atom is 0.205 e. The second-order valence-electron chi connectivity index (χ2n) is 6.04. The molecule has 0 bridgehead atoms. The smallest absolute Gasteiger partial charge is 0.205 e. The molecular formula is C18H18NO2P. The van der Waals surface area contributed by atoms with E-state index >= 15 is 0 Å². The van der Waals surface area contributed by atoms with E-state index in [1.165, 1.54) is 0 Å². The molecule has 0 spiro atoms. The highest BCUT2D eigenvalue weighted by molar-refractivity contribution is 7.80. The quantitative estimate of drug-likeness (QED) is 0.814. The van der Waals surface area contributed by atoms with Gasteiger partial charge in [0, 0.05) is 10.6 Å². The Balaban J connectivity index is 1.94. The van der Waals surface area contributed by atoms with Gasteiger partial charge in [-0.15, -0.1) is 0 Å². The third-order valence-electron chi connectivity index (χ3n) is 4.96. The Labute approximate surface area is 130 Å². The van der Waals surface area contributed by atoms with Crippen molar-refractivity contribution in [2.45, 2.75) is 25.1 Å². The molecule has 1 heterocycles. The van der Waals surface area contributed by atoms with E-state index < -0.39 is 12.5 Å². The minimum atomic E-state index is -2.93. The molecule has 0 amide bonds. The number of rotatable bonds is 3. The highest BCUT2D eigenvalue weighted by Crippen LogP contribution is 2.69. The fraction of sp³-hybridized carbons (Fsp3) is 0.278. The third-order valence-corrected chi connectivity index (χ3v) is 8.69. The lowest BCUT2D eigenvalue weighted by molar-refractivity contribution is -0.0305. The average molecular weight is 311 g/mol. The molecular weight excluding hydrogens is 293 g/mol. The van der Waals surface area contributed by atoms with Crippen LogP contribution in [0, 0.1) is 5.92 Å². The maximum atomic E-state index is 14.3. The molecule has 1 saturated carbocycles. The monoisotopic (exact) mass is 311 g/mol. The molecule has 1 fully saturated rings.